The van der Waals surface area contributed by atoms with Crippen LogP contribution >= 0.6 is 0 Å². The van der Waals surface area contributed by atoms with E-state index < -0.39 is 0 Å². The Hall–Kier alpha value is -2.04. The summed E-state index contributed by atoms with van der Waals surface area (Å²) < 4.78 is 2.06. The van der Waals surface area contributed by atoms with Crippen molar-refractivity contribution in [2.45, 2.75) is 26.8 Å². The van der Waals surface area contributed by atoms with Crippen LogP contribution in [-0.2, 0) is 13.6 Å². The van der Waals surface area contributed by atoms with Crippen LogP contribution in [0.15, 0.2) is 18.2 Å². The van der Waals surface area contributed by atoms with E-state index in [-0.39, 0.29) is 6.03 Å². The van der Waals surface area contributed by atoms with Gasteiger partial charge >= 0.3 is 6.03 Å². The minimum atomic E-state index is -0.126. The van der Waals surface area contributed by atoms with Gasteiger partial charge in [0.1, 0.15) is 5.82 Å². The number of nitrogens with zero attached hydrogens (tertiary/aromatic N) is 2. The normalized spacial score (nSPS) is 10.7. The number of aromatic nitrogens is 2. The van der Waals surface area contributed by atoms with E-state index in [0.29, 0.717) is 13.1 Å². The van der Waals surface area contributed by atoms with Crippen molar-refractivity contribution in [3.05, 3.63) is 29.6 Å². The maximum Gasteiger partial charge on any atom is 0.315 e. The van der Waals surface area contributed by atoms with Crippen molar-refractivity contribution in [1.82, 2.24) is 20.2 Å². The van der Waals surface area contributed by atoms with Crippen LogP contribution in [0.2, 0.25) is 0 Å². The van der Waals surface area contributed by atoms with E-state index in [4.69, 9.17) is 0 Å². The molecule has 1 heterocycles. The molecule has 0 saturated carbocycles. The number of imidazole rings is 1. The summed E-state index contributed by atoms with van der Waals surface area (Å²) in [6.07, 6.45) is 0.937. The molecule has 0 bridgehead atoms. The van der Waals surface area contributed by atoms with E-state index in [2.05, 4.69) is 20.2 Å². The Labute approximate surface area is 113 Å². The Morgan fingerprint density at radius 2 is 2.16 bits per heavy atom. The molecule has 0 radical (unpaired) electrons. The lowest BCUT2D eigenvalue weighted by molar-refractivity contribution is 0.240. The van der Waals surface area contributed by atoms with Crippen LogP contribution < -0.4 is 10.6 Å². The van der Waals surface area contributed by atoms with Crippen molar-refractivity contribution < 1.29 is 4.79 Å². The molecule has 0 fully saturated rings. The maximum absolute atomic E-state index is 11.5. The maximum atomic E-state index is 11.5. The third-order valence-corrected chi connectivity index (χ3v) is 3.16. The molecule has 2 rings (SSSR count). The van der Waals surface area contributed by atoms with Crippen molar-refractivity contribution in [2.24, 2.45) is 7.05 Å². The van der Waals surface area contributed by atoms with Crippen LogP contribution in [0.25, 0.3) is 11.0 Å². The van der Waals surface area contributed by atoms with E-state index in [1.54, 1.807) is 0 Å². The van der Waals surface area contributed by atoms with Crippen molar-refractivity contribution in [1.29, 1.82) is 0 Å². The number of urea groups is 1. The molecule has 2 aromatic rings. The van der Waals surface area contributed by atoms with Gasteiger partial charge in [0.2, 0.25) is 0 Å². The Morgan fingerprint density at radius 1 is 1.37 bits per heavy atom. The smallest absolute Gasteiger partial charge is 0.315 e. The third-order valence-electron chi connectivity index (χ3n) is 3.16. The van der Waals surface area contributed by atoms with Crippen LogP contribution in [0.5, 0.6) is 0 Å². The highest BCUT2D eigenvalue weighted by Gasteiger charge is 2.05. The zero-order valence-electron chi connectivity index (χ0n) is 11.7. The first-order valence-electron chi connectivity index (χ1n) is 6.55. The van der Waals surface area contributed by atoms with Crippen LogP contribution in [0.3, 0.4) is 0 Å². The van der Waals surface area contributed by atoms with Crippen LogP contribution in [0, 0.1) is 6.92 Å². The number of aryl methyl sites for hydroxylation is 2. The molecule has 0 aliphatic rings. The fraction of sp³-hybridized carbons (Fsp3) is 0.429. The van der Waals surface area contributed by atoms with E-state index in [9.17, 15) is 4.79 Å². The number of benzene rings is 1. The van der Waals surface area contributed by atoms with E-state index >= 15 is 0 Å². The van der Waals surface area contributed by atoms with E-state index in [1.165, 1.54) is 0 Å². The number of carbonyl (C=O) groups excluding carboxylic acids is 1. The predicted octanol–water partition coefficient (Wildman–Crippen LogP) is 2.09. The van der Waals surface area contributed by atoms with Gasteiger partial charge in [-0.15, -0.1) is 0 Å². The lowest BCUT2D eigenvalue weighted by Crippen LogP contribution is -2.35. The molecule has 19 heavy (non-hydrogen) atoms. The molecule has 0 unspecified atom stereocenters. The number of rotatable bonds is 4. The number of hydrogen-bond acceptors (Lipinski definition) is 2. The molecule has 102 valence electrons. The Morgan fingerprint density at radius 3 is 2.89 bits per heavy atom. The van der Waals surface area contributed by atoms with Crippen LogP contribution in [0.1, 0.15) is 24.7 Å². The summed E-state index contributed by atoms with van der Waals surface area (Å²) in [4.78, 5) is 15.9. The Kier molecular flexibility index (Phi) is 4.04. The van der Waals surface area contributed by atoms with Crippen molar-refractivity contribution >= 4 is 17.1 Å². The highest BCUT2D eigenvalue weighted by Crippen LogP contribution is 2.16. The largest absolute Gasteiger partial charge is 0.338 e. The summed E-state index contributed by atoms with van der Waals surface area (Å²) in [5.41, 5.74) is 3.13. The van der Waals surface area contributed by atoms with Crippen LogP contribution in [-0.4, -0.2) is 22.1 Å². The lowest BCUT2D eigenvalue weighted by atomic mass is 10.2. The second-order valence-corrected chi connectivity index (χ2v) is 4.65. The molecule has 5 nitrogen and oxygen atoms in total. The molecular formula is C14H20N4O. The summed E-state index contributed by atoms with van der Waals surface area (Å²) >= 11 is 0. The molecule has 0 spiro atoms. The second-order valence-electron chi connectivity index (χ2n) is 4.65. The van der Waals surface area contributed by atoms with Gasteiger partial charge in [-0.05, 0) is 31.0 Å². The zero-order chi connectivity index (χ0) is 13.8. The number of nitrogens with one attached hydrogen (secondary N) is 2. The highest BCUT2D eigenvalue weighted by molar-refractivity contribution is 5.77. The van der Waals surface area contributed by atoms with Gasteiger partial charge < -0.3 is 15.2 Å². The summed E-state index contributed by atoms with van der Waals surface area (Å²) in [6, 6.07) is 5.95. The third kappa shape index (κ3) is 3.05. The van der Waals surface area contributed by atoms with E-state index in [0.717, 1.165) is 28.8 Å². The minimum Gasteiger partial charge on any atom is -0.338 e. The van der Waals surface area contributed by atoms with Gasteiger partial charge in [-0.25, -0.2) is 9.78 Å². The lowest BCUT2D eigenvalue weighted by Gasteiger charge is -2.06. The molecule has 0 atom stereocenters. The van der Waals surface area contributed by atoms with Gasteiger partial charge in [0.15, 0.2) is 0 Å². The molecule has 1 aromatic heterocycles. The summed E-state index contributed by atoms with van der Waals surface area (Å²) in [5.74, 6) is 0.987. The van der Waals surface area contributed by atoms with E-state index in [1.807, 2.05) is 39.1 Å². The number of fused-ring (bicyclic) bond motifs is 1. The van der Waals surface area contributed by atoms with Gasteiger partial charge in [0.25, 0.3) is 0 Å². The highest BCUT2D eigenvalue weighted by atomic mass is 16.2. The first kappa shape index (κ1) is 13.4. The molecule has 0 aliphatic carbocycles. The van der Waals surface area contributed by atoms with Gasteiger partial charge in [0, 0.05) is 20.1 Å². The summed E-state index contributed by atoms with van der Waals surface area (Å²) in [7, 11) is 2.00. The average Bonchev–Trinajstić information content (AvgIpc) is 2.69. The topological polar surface area (TPSA) is 59.0 Å². The quantitative estimate of drug-likeness (QED) is 0.884. The van der Waals surface area contributed by atoms with Crippen LogP contribution in [0.4, 0.5) is 4.79 Å². The Balaban J connectivity index is 2.03. The van der Waals surface area contributed by atoms with Gasteiger partial charge in [-0.1, -0.05) is 13.0 Å². The number of amides is 2. The van der Waals surface area contributed by atoms with Crippen molar-refractivity contribution in [2.75, 3.05) is 6.54 Å². The summed E-state index contributed by atoms with van der Waals surface area (Å²) in [6.45, 7) is 5.22. The predicted molar refractivity (Wildman–Crippen MR) is 76.0 cm³/mol. The SMILES string of the molecule is CCCNC(=O)NCc1ccc2c(c1)nc(C)n2C. The van der Waals surface area contributed by atoms with Gasteiger partial charge in [-0.2, -0.15) is 0 Å². The number of hydrogen-bond donors (Lipinski definition) is 2. The molecule has 2 N–H and O–H groups in total. The fourth-order valence-electron chi connectivity index (χ4n) is 1.96. The molecule has 5 heteroatoms. The molecular weight excluding hydrogens is 240 g/mol. The monoisotopic (exact) mass is 260 g/mol. The Bertz CT molecular complexity index is 588. The first-order valence-corrected chi connectivity index (χ1v) is 6.55. The standard InChI is InChI=1S/C14H20N4O/c1-4-7-15-14(19)16-9-11-5-6-13-12(8-11)17-10(2)18(13)3/h5-6,8H,4,7,9H2,1-3H3,(H2,15,16,19). The van der Waals surface area contributed by atoms with Crippen molar-refractivity contribution in [3.63, 3.8) is 0 Å². The van der Waals surface area contributed by atoms with Gasteiger partial charge in [-0.3, -0.25) is 0 Å². The molecule has 2 amide bonds. The average molecular weight is 260 g/mol. The molecule has 0 saturated heterocycles. The van der Waals surface area contributed by atoms with Crippen molar-refractivity contribution in [3.8, 4) is 0 Å². The first-order chi connectivity index (χ1) is 9.11. The minimum absolute atomic E-state index is 0.126. The summed E-state index contributed by atoms with van der Waals surface area (Å²) in [5, 5.41) is 5.62. The molecule has 0 aliphatic heterocycles. The second kappa shape index (κ2) is 5.73. The zero-order valence-corrected chi connectivity index (χ0v) is 11.7. The van der Waals surface area contributed by atoms with Gasteiger partial charge in [0.05, 0.1) is 11.0 Å². The number of carbonyl (C=O) groups is 1. The molecule has 1 aromatic carbocycles. The fourth-order valence-corrected chi connectivity index (χ4v) is 1.96.